The first kappa shape index (κ1) is 18.3. The number of hydrogen-bond donors (Lipinski definition) is 1. The maximum Gasteiger partial charge on any atom is 0.314 e. The zero-order valence-corrected chi connectivity index (χ0v) is 15.8. The van der Waals surface area contributed by atoms with Crippen LogP contribution in [0.25, 0.3) is 0 Å². The number of ether oxygens (including phenoxy) is 1. The predicted molar refractivity (Wildman–Crippen MR) is 101 cm³/mol. The summed E-state index contributed by atoms with van der Waals surface area (Å²) < 4.78 is 5.38. The molecule has 3 saturated heterocycles. The lowest BCUT2D eigenvalue weighted by atomic mass is 9.81. The van der Waals surface area contributed by atoms with Gasteiger partial charge in [0, 0.05) is 50.9 Å². The van der Waals surface area contributed by atoms with Crippen LogP contribution >= 0.6 is 0 Å². The molecule has 3 aliphatic heterocycles. The Kier molecular flexibility index (Phi) is 4.82. The fraction of sp³-hybridized carbons (Fsp3) is 0.600. The average Bonchev–Trinajstić information content (AvgIpc) is 3.21. The van der Waals surface area contributed by atoms with Crippen molar-refractivity contribution in [2.24, 2.45) is 11.3 Å². The number of likely N-dealkylation sites (tertiary alicyclic amines) is 1. The van der Waals surface area contributed by atoms with E-state index in [1.54, 1.807) is 4.90 Å². The van der Waals surface area contributed by atoms with Gasteiger partial charge in [-0.05, 0) is 24.6 Å². The molecular weight excluding hydrogens is 346 g/mol. The molecule has 0 unspecified atom stereocenters. The first-order valence-electron chi connectivity index (χ1n) is 9.61. The molecule has 0 saturated carbocycles. The van der Waals surface area contributed by atoms with E-state index in [0.29, 0.717) is 19.7 Å². The number of aliphatic carboxylic acids is 1. The van der Waals surface area contributed by atoms with E-state index in [1.165, 1.54) is 11.3 Å². The molecular formula is C20H27N3O4. The molecule has 0 spiro atoms. The van der Waals surface area contributed by atoms with Gasteiger partial charge >= 0.3 is 5.97 Å². The number of piperazine rings is 1. The van der Waals surface area contributed by atoms with E-state index >= 15 is 0 Å². The van der Waals surface area contributed by atoms with Crippen LogP contribution in [-0.2, 0) is 14.3 Å². The highest BCUT2D eigenvalue weighted by atomic mass is 16.5. The standard InChI is InChI=1S/C20H27N3O4/c1-15-3-2-4-17(9-15)22-7-5-21(6-8-22)11-18(24)23-10-16-12-27-14-20(16,13-23)19(25)26/h2-4,9,16H,5-8,10-14H2,1H3,(H,25,26)/t16-,20-/m1/s1. The molecule has 146 valence electrons. The van der Waals surface area contributed by atoms with Gasteiger partial charge < -0.3 is 19.6 Å². The first-order valence-corrected chi connectivity index (χ1v) is 9.61. The van der Waals surface area contributed by atoms with Gasteiger partial charge in [0.25, 0.3) is 0 Å². The Balaban J connectivity index is 1.31. The zero-order chi connectivity index (χ0) is 19.0. The van der Waals surface area contributed by atoms with E-state index < -0.39 is 11.4 Å². The number of benzene rings is 1. The lowest BCUT2D eigenvalue weighted by molar-refractivity contribution is -0.149. The molecule has 0 aromatic heterocycles. The summed E-state index contributed by atoms with van der Waals surface area (Å²) in [5.41, 5.74) is 1.58. The molecule has 2 atom stereocenters. The molecule has 1 aromatic carbocycles. The van der Waals surface area contributed by atoms with Crippen molar-refractivity contribution >= 4 is 17.6 Å². The Morgan fingerprint density at radius 1 is 1.26 bits per heavy atom. The first-order chi connectivity index (χ1) is 13.0. The smallest absolute Gasteiger partial charge is 0.314 e. The van der Waals surface area contributed by atoms with Gasteiger partial charge in [-0.25, -0.2) is 0 Å². The van der Waals surface area contributed by atoms with Crippen LogP contribution in [0.3, 0.4) is 0 Å². The number of carboxylic acids is 1. The summed E-state index contributed by atoms with van der Waals surface area (Å²) in [7, 11) is 0. The molecule has 1 amide bonds. The molecule has 1 aromatic rings. The maximum atomic E-state index is 12.7. The summed E-state index contributed by atoms with van der Waals surface area (Å²) >= 11 is 0. The van der Waals surface area contributed by atoms with Crippen molar-refractivity contribution < 1.29 is 19.4 Å². The molecule has 3 heterocycles. The van der Waals surface area contributed by atoms with E-state index in [1.807, 2.05) is 0 Å². The van der Waals surface area contributed by atoms with Crippen molar-refractivity contribution in [1.29, 1.82) is 0 Å². The molecule has 0 bridgehead atoms. The van der Waals surface area contributed by atoms with Gasteiger partial charge in [0.2, 0.25) is 5.91 Å². The Bertz CT molecular complexity index is 732. The quantitative estimate of drug-likeness (QED) is 0.837. The predicted octanol–water partition coefficient (Wildman–Crippen LogP) is 0.677. The number of carbonyl (C=O) groups excluding carboxylic acids is 1. The number of aryl methyl sites for hydroxylation is 1. The van der Waals surface area contributed by atoms with E-state index in [0.717, 1.165) is 26.2 Å². The fourth-order valence-electron chi connectivity index (χ4n) is 4.51. The molecule has 1 N–H and O–H groups in total. The fourth-order valence-corrected chi connectivity index (χ4v) is 4.51. The van der Waals surface area contributed by atoms with Gasteiger partial charge in [0.1, 0.15) is 5.41 Å². The van der Waals surface area contributed by atoms with Crippen molar-refractivity contribution in [3.8, 4) is 0 Å². The van der Waals surface area contributed by atoms with E-state index in [-0.39, 0.29) is 25.0 Å². The summed E-state index contributed by atoms with van der Waals surface area (Å²) in [6.07, 6.45) is 0. The van der Waals surface area contributed by atoms with Crippen LogP contribution in [0.1, 0.15) is 5.56 Å². The Morgan fingerprint density at radius 3 is 2.70 bits per heavy atom. The lowest BCUT2D eigenvalue weighted by Crippen LogP contribution is -2.50. The van der Waals surface area contributed by atoms with Gasteiger partial charge in [-0.15, -0.1) is 0 Å². The highest BCUT2D eigenvalue weighted by Crippen LogP contribution is 2.41. The summed E-state index contributed by atoms with van der Waals surface area (Å²) in [5.74, 6) is -0.891. The monoisotopic (exact) mass is 373 g/mol. The highest BCUT2D eigenvalue weighted by molar-refractivity contribution is 5.82. The second-order valence-electron chi connectivity index (χ2n) is 8.05. The Morgan fingerprint density at radius 2 is 2.04 bits per heavy atom. The molecule has 3 fully saturated rings. The van der Waals surface area contributed by atoms with Crippen molar-refractivity contribution in [2.45, 2.75) is 6.92 Å². The number of fused-ring (bicyclic) bond motifs is 1. The van der Waals surface area contributed by atoms with Crippen LogP contribution in [-0.4, -0.2) is 85.8 Å². The zero-order valence-electron chi connectivity index (χ0n) is 15.8. The summed E-state index contributed by atoms with van der Waals surface area (Å²) in [5, 5.41) is 9.62. The number of carboxylic acid groups (broad SMARTS) is 1. The number of carbonyl (C=O) groups is 2. The van der Waals surface area contributed by atoms with Gasteiger partial charge in [0.15, 0.2) is 0 Å². The third kappa shape index (κ3) is 3.41. The minimum Gasteiger partial charge on any atom is -0.481 e. The number of hydrogen-bond acceptors (Lipinski definition) is 5. The van der Waals surface area contributed by atoms with Crippen molar-refractivity contribution in [3.63, 3.8) is 0 Å². The molecule has 27 heavy (non-hydrogen) atoms. The van der Waals surface area contributed by atoms with E-state index in [9.17, 15) is 14.7 Å². The average molecular weight is 373 g/mol. The number of anilines is 1. The minimum atomic E-state index is -0.903. The van der Waals surface area contributed by atoms with Crippen LogP contribution in [0.15, 0.2) is 24.3 Å². The molecule has 7 nitrogen and oxygen atoms in total. The van der Waals surface area contributed by atoms with Gasteiger partial charge in [0.05, 0.1) is 19.8 Å². The summed E-state index contributed by atoms with van der Waals surface area (Å²) in [4.78, 5) is 30.7. The summed E-state index contributed by atoms with van der Waals surface area (Å²) in [6, 6.07) is 8.49. The number of rotatable bonds is 4. The summed E-state index contributed by atoms with van der Waals surface area (Å²) in [6.45, 7) is 7.34. The molecule has 7 heteroatoms. The molecule has 3 aliphatic rings. The van der Waals surface area contributed by atoms with Gasteiger partial charge in [-0.1, -0.05) is 12.1 Å². The van der Waals surface area contributed by atoms with Crippen LogP contribution in [0.2, 0.25) is 0 Å². The van der Waals surface area contributed by atoms with Crippen LogP contribution in [0.4, 0.5) is 5.69 Å². The lowest BCUT2D eigenvalue weighted by Gasteiger charge is -2.36. The second-order valence-corrected chi connectivity index (χ2v) is 8.05. The largest absolute Gasteiger partial charge is 0.481 e. The second kappa shape index (κ2) is 7.13. The maximum absolute atomic E-state index is 12.7. The third-order valence-corrected chi connectivity index (χ3v) is 6.25. The molecule has 0 aliphatic carbocycles. The Hall–Kier alpha value is -2.12. The van der Waals surface area contributed by atoms with Crippen molar-refractivity contribution in [3.05, 3.63) is 29.8 Å². The van der Waals surface area contributed by atoms with Gasteiger partial charge in [-0.2, -0.15) is 0 Å². The number of amides is 1. The number of nitrogens with zero attached hydrogens (tertiary/aromatic N) is 3. The van der Waals surface area contributed by atoms with Crippen molar-refractivity contribution in [1.82, 2.24) is 9.80 Å². The normalized spacial score (nSPS) is 28.4. The minimum absolute atomic E-state index is 0.0361. The van der Waals surface area contributed by atoms with E-state index in [4.69, 9.17) is 4.74 Å². The topological polar surface area (TPSA) is 73.3 Å². The van der Waals surface area contributed by atoms with Crippen LogP contribution < -0.4 is 4.90 Å². The highest BCUT2D eigenvalue weighted by Gasteiger charge is 2.57. The van der Waals surface area contributed by atoms with Crippen LogP contribution in [0, 0.1) is 18.3 Å². The molecule has 4 rings (SSSR count). The SMILES string of the molecule is Cc1cccc(N2CCN(CC(=O)N3C[C@@H]4COC[C@]4(C(=O)O)C3)CC2)c1. The van der Waals surface area contributed by atoms with Crippen LogP contribution in [0.5, 0.6) is 0 Å². The van der Waals surface area contributed by atoms with Crippen molar-refractivity contribution in [2.75, 3.05) is 63.9 Å². The third-order valence-electron chi connectivity index (χ3n) is 6.25. The van der Waals surface area contributed by atoms with Gasteiger partial charge in [-0.3, -0.25) is 14.5 Å². The Labute approximate surface area is 159 Å². The van der Waals surface area contributed by atoms with E-state index in [2.05, 4.69) is 41.0 Å². The molecule has 0 radical (unpaired) electrons.